The van der Waals surface area contributed by atoms with Crippen LogP contribution in [0.1, 0.15) is 22.3 Å². The third-order valence-corrected chi connectivity index (χ3v) is 7.15. The smallest absolute Gasteiger partial charge is 0.416 e. The number of nitrogens with one attached hydrogen (secondary N) is 2. The standard InChI is InChI=1S/C30H26F3N3O5S/c1-40-26-10-5-7-22(17-26)19-34-25-9-4-6-21(16-25)18-29(37)36-35-20-23-8-2-3-11-28(23)41-42(38,39)27-14-12-24(13-15-27)30(31,32)33/h2-17,20,34H,18-19H2,1H3,(H,36,37). The lowest BCUT2D eigenvalue weighted by molar-refractivity contribution is -0.137. The average Bonchev–Trinajstić information content (AvgIpc) is 2.97. The first kappa shape index (κ1) is 30.1. The van der Waals surface area contributed by atoms with Crippen molar-refractivity contribution in [3.63, 3.8) is 0 Å². The van der Waals surface area contributed by atoms with Crippen LogP contribution in [0.5, 0.6) is 11.5 Å². The van der Waals surface area contributed by atoms with Crippen molar-refractivity contribution in [3.8, 4) is 11.5 Å². The molecule has 0 fully saturated rings. The number of nitrogens with zero attached hydrogens (tertiary/aromatic N) is 1. The first-order chi connectivity index (χ1) is 20.0. The van der Waals surface area contributed by atoms with Gasteiger partial charge in [-0.3, -0.25) is 4.79 Å². The summed E-state index contributed by atoms with van der Waals surface area (Å²) in [6, 6.07) is 23.9. The monoisotopic (exact) mass is 597 g/mol. The Kier molecular flexibility index (Phi) is 9.48. The number of para-hydroxylation sites is 1. The van der Waals surface area contributed by atoms with Gasteiger partial charge in [-0.1, -0.05) is 36.4 Å². The Morgan fingerprint density at radius 3 is 2.36 bits per heavy atom. The molecule has 42 heavy (non-hydrogen) atoms. The molecular formula is C30H26F3N3O5S. The van der Waals surface area contributed by atoms with Gasteiger partial charge in [0, 0.05) is 17.8 Å². The van der Waals surface area contributed by atoms with Crippen LogP contribution in [-0.4, -0.2) is 27.6 Å². The van der Waals surface area contributed by atoms with Gasteiger partial charge < -0.3 is 14.2 Å². The molecule has 0 spiro atoms. The molecule has 0 saturated carbocycles. The quantitative estimate of drug-likeness (QED) is 0.129. The second-order valence-electron chi connectivity index (χ2n) is 8.97. The fourth-order valence-corrected chi connectivity index (χ4v) is 4.77. The number of hydrazone groups is 1. The molecule has 1 amide bonds. The molecule has 2 N–H and O–H groups in total. The van der Waals surface area contributed by atoms with E-state index in [1.807, 2.05) is 42.5 Å². The Labute approximate surface area is 240 Å². The maximum Gasteiger partial charge on any atom is 0.416 e. The molecule has 0 saturated heterocycles. The Balaban J connectivity index is 1.35. The van der Waals surface area contributed by atoms with Crippen molar-refractivity contribution < 1.29 is 35.3 Å². The van der Waals surface area contributed by atoms with Gasteiger partial charge in [0.15, 0.2) is 5.75 Å². The van der Waals surface area contributed by atoms with Crippen LogP contribution in [0.3, 0.4) is 0 Å². The summed E-state index contributed by atoms with van der Waals surface area (Å²) in [5.41, 5.74) is 4.23. The molecule has 4 aromatic rings. The van der Waals surface area contributed by atoms with Crippen molar-refractivity contribution in [3.05, 3.63) is 119 Å². The maximum atomic E-state index is 12.8. The number of halogens is 3. The molecule has 0 aliphatic heterocycles. The van der Waals surface area contributed by atoms with Crippen LogP contribution in [0.2, 0.25) is 0 Å². The number of benzene rings is 4. The minimum absolute atomic E-state index is 0.0342. The van der Waals surface area contributed by atoms with Crippen LogP contribution in [-0.2, 0) is 34.1 Å². The number of alkyl halides is 3. The highest BCUT2D eigenvalue weighted by Crippen LogP contribution is 2.30. The second kappa shape index (κ2) is 13.2. The zero-order valence-electron chi connectivity index (χ0n) is 22.3. The number of methoxy groups -OCH3 is 1. The largest absolute Gasteiger partial charge is 0.497 e. The normalized spacial score (nSPS) is 11.7. The van der Waals surface area contributed by atoms with Gasteiger partial charge in [0.05, 0.1) is 25.3 Å². The van der Waals surface area contributed by atoms with E-state index in [-0.39, 0.29) is 17.7 Å². The topological polar surface area (TPSA) is 106 Å². The fourth-order valence-electron chi connectivity index (χ4n) is 3.82. The summed E-state index contributed by atoms with van der Waals surface area (Å²) < 4.78 is 74.1. The fraction of sp³-hybridized carbons (Fsp3) is 0.133. The van der Waals surface area contributed by atoms with Crippen LogP contribution in [0.4, 0.5) is 18.9 Å². The molecule has 0 aliphatic rings. The lowest BCUT2D eigenvalue weighted by atomic mass is 10.1. The van der Waals surface area contributed by atoms with Gasteiger partial charge in [0.25, 0.3) is 0 Å². The van der Waals surface area contributed by atoms with Crippen molar-refractivity contribution in [2.45, 2.75) is 24.0 Å². The first-order valence-corrected chi connectivity index (χ1v) is 13.9. The Morgan fingerprint density at radius 2 is 1.62 bits per heavy atom. The van der Waals surface area contributed by atoms with Crippen LogP contribution >= 0.6 is 0 Å². The molecule has 0 aliphatic carbocycles. The van der Waals surface area contributed by atoms with Gasteiger partial charge >= 0.3 is 16.3 Å². The number of rotatable bonds is 11. The Bertz CT molecular complexity index is 1670. The van der Waals surface area contributed by atoms with E-state index < -0.39 is 32.7 Å². The van der Waals surface area contributed by atoms with Crippen LogP contribution < -0.4 is 19.7 Å². The van der Waals surface area contributed by atoms with Crippen molar-refractivity contribution in [2.24, 2.45) is 5.10 Å². The molecule has 4 rings (SSSR count). The van der Waals surface area contributed by atoms with Crippen LogP contribution in [0.25, 0.3) is 0 Å². The highest BCUT2D eigenvalue weighted by molar-refractivity contribution is 7.87. The summed E-state index contributed by atoms with van der Waals surface area (Å²) in [7, 11) is -2.83. The molecular weight excluding hydrogens is 571 g/mol. The van der Waals surface area contributed by atoms with Crippen molar-refractivity contribution in [1.29, 1.82) is 0 Å². The Hall–Kier alpha value is -4.84. The van der Waals surface area contributed by atoms with Crippen LogP contribution in [0, 0.1) is 0 Å². The number of ether oxygens (including phenoxy) is 1. The van der Waals surface area contributed by atoms with Crippen molar-refractivity contribution in [2.75, 3.05) is 12.4 Å². The third-order valence-electron chi connectivity index (χ3n) is 5.90. The van der Waals surface area contributed by atoms with Gasteiger partial charge in [0.1, 0.15) is 10.6 Å². The van der Waals surface area contributed by atoms with Crippen LogP contribution in [0.15, 0.2) is 107 Å². The number of carbonyl (C=O) groups excluding carboxylic acids is 1. The van der Waals surface area contributed by atoms with Gasteiger partial charge in [-0.05, 0) is 71.8 Å². The van der Waals surface area contributed by atoms with E-state index in [0.29, 0.717) is 18.7 Å². The second-order valence-corrected chi connectivity index (χ2v) is 10.5. The number of hydrogen-bond acceptors (Lipinski definition) is 7. The first-order valence-electron chi connectivity index (χ1n) is 12.5. The maximum absolute atomic E-state index is 12.8. The molecule has 0 radical (unpaired) electrons. The molecule has 12 heteroatoms. The number of amides is 1. The molecule has 0 heterocycles. The molecule has 0 bridgehead atoms. The predicted molar refractivity (Wildman–Crippen MR) is 152 cm³/mol. The van der Waals surface area contributed by atoms with E-state index in [9.17, 15) is 26.4 Å². The highest BCUT2D eigenvalue weighted by Gasteiger charge is 2.31. The summed E-state index contributed by atoms with van der Waals surface area (Å²) in [5, 5.41) is 7.21. The Morgan fingerprint density at radius 1 is 0.905 bits per heavy atom. The number of carbonyl (C=O) groups is 1. The summed E-state index contributed by atoms with van der Waals surface area (Å²) in [4.78, 5) is 12.0. The van der Waals surface area contributed by atoms with Gasteiger partial charge in [-0.2, -0.15) is 26.7 Å². The van der Waals surface area contributed by atoms with E-state index in [1.165, 1.54) is 24.4 Å². The lowest BCUT2D eigenvalue weighted by Crippen LogP contribution is -2.20. The SMILES string of the molecule is COc1cccc(CNc2cccc(CC(=O)NN=Cc3ccccc3OS(=O)(=O)c3ccc(C(F)(F)F)cc3)c2)c1. The molecule has 0 unspecified atom stereocenters. The highest BCUT2D eigenvalue weighted by atomic mass is 32.2. The molecule has 0 aromatic heterocycles. The average molecular weight is 598 g/mol. The molecule has 4 aromatic carbocycles. The summed E-state index contributed by atoms with van der Waals surface area (Å²) in [6.07, 6.45) is -3.36. The van der Waals surface area contributed by atoms with Gasteiger partial charge in [-0.15, -0.1) is 0 Å². The third kappa shape index (κ3) is 8.33. The zero-order chi connectivity index (χ0) is 30.2. The lowest BCUT2D eigenvalue weighted by Gasteiger charge is -2.11. The number of hydrogen-bond donors (Lipinski definition) is 2. The van der Waals surface area contributed by atoms with Gasteiger partial charge in [-0.25, -0.2) is 5.43 Å². The minimum atomic E-state index is -4.60. The summed E-state index contributed by atoms with van der Waals surface area (Å²) in [6.45, 7) is 0.563. The molecule has 218 valence electrons. The van der Waals surface area contributed by atoms with E-state index in [0.717, 1.165) is 34.7 Å². The molecule has 8 nitrogen and oxygen atoms in total. The number of anilines is 1. The minimum Gasteiger partial charge on any atom is -0.497 e. The summed E-state index contributed by atoms with van der Waals surface area (Å²) >= 11 is 0. The van der Waals surface area contributed by atoms with Gasteiger partial charge in [0.2, 0.25) is 5.91 Å². The predicted octanol–water partition coefficient (Wildman–Crippen LogP) is 5.79. The van der Waals surface area contributed by atoms with E-state index in [4.69, 9.17) is 8.92 Å². The van der Waals surface area contributed by atoms with E-state index in [2.05, 4.69) is 15.8 Å². The molecule has 0 atom stereocenters. The van der Waals surface area contributed by atoms with E-state index >= 15 is 0 Å². The summed E-state index contributed by atoms with van der Waals surface area (Å²) in [5.74, 6) is 0.229. The van der Waals surface area contributed by atoms with Crippen molar-refractivity contribution in [1.82, 2.24) is 5.43 Å². The van der Waals surface area contributed by atoms with E-state index in [1.54, 1.807) is 19.2 Å². The van der Waals surface area contributed by atoms with Crippen molar-refractivity contribution >= 4 is 27.9 Å². The zero-order valence-corrected chi connectivity index (χ0v) is 23.1.